The third-order valence-electron chi connectivity index (χ3n) is 5.42. The first-order valence-electron chi connectivity index (χ1n) is 9.70. The minimum atomic E-state index is -0.0172. The molecule has 1 fully saturated rings. The predicted molar refractivity (Wildman–Crippen MR) is 107 cm³/mol. The number of likely N-dealkylation sites (tertiary alicyclic amines) is 1. The molecular formula is C23H30N2O. The summed E-state index contributed by atoms with van der Waals surface area (Å²) in [5, 5.41) is 3.09. The van der Waals surface area contributed by atoms with Crippen molar-refractivity contribution in [2.24, 2.45) is 5.92 Å². The highest BCUT2D eigenvalue weighted by atomic mass is 16.1. The minimum absolute atomic E-state index is 0.00174. The predicted octanol–water partition coefficient (Wildman–Crippen LogP) is 4.72. The van der Waals surface area contributed by atoms with Gasteiger partial charge in [-0.25, -0.2) is 0 Å². The van der Waals surface area contributed by atoms with Crippen LogP contribution in [0.1, 0.15) is 59.8 Å². The molecule has 0 radical (unpaired) electrons. The molecular weight excluding hydrogens is 320 g/mol. The number of piperidine rings is 1. The summed E-state index contributed by atoms with van der Waals surface area (Å²) in [5.41, 5.74) is 4.36. The molecule has 1 N–H and O–H groups in total. The zero-order valence-corrected chi connectivity index (χ0v) is 16.2. The van der Waals surface area contributed by atoms with Gasteiger partial charge < -0.3 is 5.32 Å². The van der Waals surface area contributed by atoms with Gasteiger partial charge in [-0.05, 0) is 69.0 Å². The number of nitrogens with zero attached hydrogens (tertiary/aromatic N) is 1. The lowest BCUT2D eigenvalue weighted by Crippen LogP contribution is -2.32. The van der Waals surface area contributed by atoms with Crippen molar-refractivity contribution in [1.29, 1.82) is 0 Å². The molecule has 1 aliphatic rings. The Morgan fingerprint density at radius 3 is 2.31 bits per heavy atom. The maximum absolute atomic E-state index is 12.5. The van der Waals surface area contributed by atoms with E-state index in [1.54, 1.807) is 0 Å². The van der Waals surface area contributed by atoms with Crippen LogP contribution < -0.4 is 5.32 Å². The average Bonchev–Trinajstić information content (AvgIpc) is 2.64. The number of carbonyl (C=O) groups excluding carboxylic acids is 1. The summed E-state index contributed by atoms with van der Waals surface area (Å²) < 4.78 is 0. The maximum atomic E-state index is 12.5. The smallest absolute Gasteiger partial charge is 0.251 e. The molecule has 1 heterocycles. The normalized spacial score (nSPS) is 17.0. The molecule has 1 aliphatic heterocycles. The molecule has 2 aromatic carbocycles. The van der Waals surface area contributed by atoms with Crippen LogP contribution in [0, 0.1) is 12.8 Å². The van der Waals surface area contributed by atoms with Crippen molar-refractivity contribution >= 4 is 5.91 Å². The molecule has 0 spiro atoms. The number of amides is 1. The summed E-state index contributed by atoms with van der Waals surface area (Å²) in [7, 11) is 0. The van der Waals surface area contributed by atoms with Gasteiger partial charge in [0.05, 0.1) is 6.04 Å². The molecule has 1 saturated heterocycles. The zero-order valence-electron chi connectivity index (χ0n) is 16.2. The van der Waals surface area contributed by atoms with Crippen molar-refractivity contribution in [3.8, 4) is 0 Å². The summed E-state index contributed by atoms with van der Waals surface area (Å²) in [6.07, 6.45) is 2.58. The van der Waals surface area contributed by atoms with Crippen molar-refractivity contribution in [2.75, 3.05) is 13.1 Å². The standard InChI is InChI=1S/C23H30N2O/c1-17-4-8-21(9-5-17)19(3)24-23(26)22-10-6-20(7-11-22)16-25-14-12-18(2)13-15-25/h4-11,18-19H,12-16H2,1-3H3,(H,24,26)/t19-/m1/s1. The van der Waals surface area contributed by atoms with E-state index in [9.17, 15) is 4.79 Å². The van der Waals surface area contributed by atoms with Crippen molar-refractivity contribution < 1.29 is 4.79 Å². The summed E-state index contributed by atoms with van der Waals surface area (Å²) >= 11 is 0. The fourth-order valence-corrected chi connectivity index (χ4v) is 3.46. The van der Waals surface area contributed by atoms with Crippen LogP contribution in [0.4, 0.5) is 0 Å². The molecule has 26 heavy (non-hydrogen) atoms. The fraction of sp³-hybridized carbons (Fsp3) is 0.435. The van der Waals surface area contributed by atoms with Gasteiger partial charge in [0.15, 0.2) is 0 Å². The third-order valence-corrected chi connectivity index (χ3v) is 5.42. The minimum Gasteiger partial charge on any atom is -0.346 e. The Hall–Kier alpha value is -2.13. The van der Waals surface area contributed by atoms with E-state index in [-0.39, 0.29) is 11.9 Å². The van der Waals surface area contributed by atoms with Gasteiger partial charge in [-0.15, -0.1) is 0 Å². The molecule has 3 rings (SSSR count). The second kappa shape index (κ2) is 8.50. The van der Waals surface area contributed by atoms with Gasteiger partial charge in [-0.3, -0.25) is 9.69 Å². The summed E-state index contributed by atoms with van der Waals surface area (Å²) in [5.74, 6) is 0.837. The van der Waals surface area contributed by atoms with E-state index >= 15 is 0 Å². The largest absolute Gasteiger partial charge is 0.346 e. The van der Waals surface area contributed by atoms with E-state index in [1.807, 2.05) is 19.1 Å². The molecule has 1 amide bonds. The Morgan fingerprint density at radius 2 is 1.69 bits per heavy atom. The number of hydrogen-bond acceptors (Lipinski definition) is 2. The van der Waals surface area contributed by atoms with Crippen molar-refractivity contribution in [3.05, 3.63) is 70.8 Å². The zero-order chi connectivity index (χ0) is 18.5. The molecule has 0 bridgehead atoms. The highest BCUT2D eigenvalue weighted by molar-refractivity contribution is 5.94. The third kappa shape index (κ3) is 4.95. The monoisotopic (exact) mass is 350 g/mol. The van der Waals surface area contributed by atoms with Crippen LogP contribution in [0.3, 0.4) is 0 Å². The Bertz CT molecular complexity index is 713. The molecule has 0 saturated carbocycles. The quantitative estimate of drug-likeness (QED) is 0.846. The lowest BCUT2D eigenvalue weighted by atomic mass is 9.99. The van der Waals surface area contributed by atoms with Crippen LogP contribution in [0.25, 0.3) is 0 Å². The lowest BCUT2D eigenvalue weighted by molar-refractivity contribution is 0.0940. The summed E-state index contributed by atoms with van der Waals surface area (Å²) in [6, 6.07) is 16.4. The second-order valence-electron chi connectivity index (χ2n) is 7.76. The molecule has 2 aromatic rings. The molecule has 138 valence electrons. The highest BCUT2D eigenvalue weighted by Crippen LogP contribution is 2.19. The van der Waals surface area contributed by atoms with Crippen LogP contribution in [0.15, 0.2) is 48.5 Å². The van der Waals surface area contributed by atoms with Crippen molar-refractivity contribution in [1.82, 2.24) is 10.2 Å². The van der Waals surface area contributed by atoms with Gasteiger partial charge in [0.25, 0.3) is 5.91 Å². The molecule has 1 atom stereocenters. The Labute approximate surface area is 157 Å². The fourth-order valence-electron chi connectivity index (χ4n) is 3.46. The van der Waals surface area contributed by atoms with Gasteiger partial charge in [0.1, 0.15) is 0 Å². The van der Waals surface area contributed by atoms with E-state index in [4.69, 9.17) is 0 Å². The Kier molecular flexibility index (Phi) is 6.10. The highest BCUT2D eigenvalue weighted by Gasteiger charge is 2.16. The van der Waals surface area contributed by atoms with Gasteiger partial charge in [0, 0.05) is 12.1 Å². The molecule has 3 heteroatoms. The van der Waals surface area contributed by atoms with Crippen LogP contribution in [-0.2, 0) is 6.54 Å². The first-order chi connectivity index (χ1) is 12.5. The number of aryl methyl sites for hydroxylation is 1. The van der Waals surface area contributed by atoms with E-state index in [1.165, 1.54) is 37.1 Å². The lowest BCUT2D eigenvalue weighted by Gasteiger charge is -2.30. The number of benzene rings is 2. The average molecular weight is 351 g/mol. The molecule has 0 aromatic heterocycles. The van der Waals surface area contributed by atoms with Crippen LogP contribution in [-0.4, -0.2) is 23.9 Å². The van der Waals surface area contributed by atoms with Gasteiger partial charge in [-0.2, -0.15) is 0 Å². The SMILES string of the molecule is Cc1ccc([C@@H](C)NC(=O)c2ccc(CN3CCC(C)CC3)cc2)cc1. The van der Waals surface area contributed by atoms with E-state index in [0.29, 0.717) is 0 Å². The topological polar surface area (TPSA) is 32.3 Å². The van der Waals surface area contributed by atoms with Crippen LogP contribution in [0.5, 0.6) is 0 Å². The molecule has 3 nitrogen and oxygen atoms in total. The first kappa shape index (κ1) is 18.7. The molecule has 0 aliphatic carbocycles. The van der Waals surface area contributed by atoms with Gasteiger partial charge in [0.2, 0.25) is 0 Å². The van der Waals surface area contributed by atoms with Gasteiger partial charge >= 0.3 is 0 Å². The number of carbonyl (C=O) groups is 1. The summed E-state index contributed by atoms with van der Waals surface area (Å²) in [4.78, 5) is 15.0. The number of hydrogen-bond donors (Lipinski definition) is 1. The van der Waals surface area contributed by atoms with E-state index in [2.05, 4.69) is 60.5 Å². The number of nitrogens with one attached hydrogen (secondary N) is 1. The first-order valence-corrected chi connectivity index (χ1v) is 9.70. The Morgan fingerprint density at radius 1 is 1.08 bits per heavy atom. The number of rotatable bonds is 5. The van der Waals surface area contributed by atoms with Crippen LogP contribution in [0.2, 0.25) is 0 Å². The van der Waals surface area contributed by atoms with Crippen molar-refractivity contribution in [3.63, 3.8) is 0 Å². The summed E-state index contributed by atoms with van der Waals surface area (Å²) in [6.45, 7) is 9.76. The Balaban J connectivity index is 1.55. The second-order valence-corrected chi connectivity index (χ2v) is 7.76. The molecule has 0 unspecified atom stereocenters. The van der Waals surface area contributed by atoms with Crippen LogP contribution >= 0.6 is 0 Å². The van der Waals surface area contributed by atoms with E-state index in [0.717, 1.165) is 23.6 Å². The van der Waals surface area contributed by atoms with E-state index < -0.39 is 0 Å². The maximum Gasteiger partial charge on any atom is 0.251 e. The van der Waals surface area contributed by atoms with Crippen molar-refractivity contribution in [2.45, 2.75) is 46.2 Å². The van der Waals surface area contributed by atoms with Gasteiger partial charge in [-0.1, -0.05) is 48.9 Å².